The number of benzene rings is 2. The standard InChI is InChI=1S/C18H23NO/c1-15-9-7-8-12-17(15)18(20-14-13-19(2)3)16-10-5-4-6-11-16/h4-12,18H,13-14H2,1-3H3/i2D3,3D3,7D,8D,9D,12D,13D2. The van der Waals surface area contributed by atoms with Gasteiger partial charge in [0.25, 0.3) is 0 Å². The van der Waals surface area contributed by atoms with Gasteiger partial charge in [0, 0.05) is 17.5 Å². The minimum absolute atomic E-state index is 0.0484. The molecule has 0 aliphatic rings. The van der Waals surface area contributed by atoms with E-state index in [1.54, 1.807) is 30.3 Å². The molecule has 0 bridgehead atoms. The van der Waals surface area contributed by atoms with Gasteiger partial charge in [-0.15, -0.1) is 0 Å². The second kappa shape index (κ2) is 7.22. The average molecular weight is 281 g/mol. The van der Waals surface area contributed by atoms with Gasteiger partial charge in [0.1, 0.15) is 6.10 Å². The van der Waals surface area contributed by atoms with Gasteiger partial charge in [0.2, 0.25) is 0 Å². The third-order valence-electron chi connectivity index (χ3n) is 2.75. The maximum absolute atomic E-state index is 8.32. The first-order valence-electron chi connectivity index (χ1n) is 12.0. The van der Waals surface area contributed by atoms with Gasteiger partial charge in [-0.25, -0.2) is 0 Å². The molecule has 1 atom stereocenters. The van der Waals surface area contributed by atoms with Gasteiger partial charge in [-0.3, -0.25) is 0 Å². The Hall–Kier alpha value is -1.64. The predicted molar refractivity (Wildman–Crippen MR) is 84.0 cm³/mol. The maximum atomic E-state index is 8.32. The fourth-order valence-corrected chi connectivity index (χ4v) is 1.81. The summed E-state index contributed by atoms with van der Waals surface area (Å²) in [6.07, 6.45) is -1.21. The molecule has 0 fully saturated rings. The number of rotatable bonds is 6. The minimum Gasteiger partial charge on any atom is -0.367 e. The smallest absolute Gasteiger partial charge is 0.108 e. The van der Waals surface area contributed by atoms with Crippen molar-refractivity contribution in [1.82, 2.24) is 4.90 Å². The van der Waals surface area contributed by atoms with Crippen molar-refractivity contribution < 1.29 is 21.2 Å². The first kappa shape index (κ1) is 5.63. The normalized spacial score (nSPS) is 23.3. The summed E-state index contributed by atoms with van der Waals surface area (Å²) in [6, 6.07) is 6.60. The molecule has 0 saturated carbocycles. The zero-order chi connectivity index (χ0) is 24.6. The van der Waals surface area contributed by atoms with Gasteiger partial charge in [-0.1, -0.05) is 54.5 Å². The van der Waals surface area contributed by atoms with E-state index in [2.05, 4.69) is 0 Å². The minimum atomic E-state index is -3.29. The molecule has 0 N–H and O–H groups in total. The quantitative estimate of drug-likeness (QED) is 0.801. The van der Waals surface area contributed by atoms with Crippen LogP contribution in [-0.2, 0) is 4.74 Å². The van der Waals surface area contributed by atoms with Crippen molar-refractivity contribution in [3.8, 4) is 0 Å². The molecule has 2 aromatic rings. The van der Waals surface area contributed by atoms with E-state index < -0.39 is 45.2 Å². The Morgan fingerprint density at radius 1 is 1.25 bits per heavy atom. The van der Waals surface area contributed by atoms with E-state index in [0.717, 1.165) is 0 Å². The van der Waals surface area contributed by atoms with Crippen LogP contribution in [0.2, 0.25) is 0 Å². The largest absolute Gasteiger partial charge is 0.367 e. The highest BCUT2D eigenvalue weighted by Crippen LogP contribution is 2.28. The van der Waals surface area contributed by atoms with Crippen molar-refractivity contribution in [2.45, 2.75) is 13.0 Å². The van der Waals surface area contributed by atoms with Gasteiger partial charge in [-0.05, 0) is 37.6 Å². The Morgan fingerprint density at radius 2 is 2.00 bits per heavy atom. The van der Waals surface area contributed by atoms with E-state index in [9.17, 15) is 0 Å². The Labute approximate surface area is 138 Å². The summed E-state index contributed by atoms with van der Waals surface area (Å²) in [5.74, 6) is 0. The molecule has 0 saturated heterocycles. The van der Waals surface area contributed by atoms with E-state index >= 15 is 0 Å². The van der Waals surface area contributed by atoms with Crippen molar-refractivity contribution >= 4 is 0 Å². The van der Waals surface area contributed by atoms with E-state index in [4.69, 9.17) is 21.2 Å². The van der Waals surface area contributed by atoms with Crippen LogP contribution in [-0.4, -0.2) is 32.0 Å². The lowest BCUT2D eigenvalue weighted by Crippen LogP contribution is -2.20. The van der Waals surface area contributed by atoms with Crippen molar-refractivity contribution in [3.05, 3.63) is 71.2 Å². The Kier molecular flexibility index (Phi) is 2.03. The van der Waals surface area contributed by atoms with Gasteiger partial charge in [0.05, 0.1) is 12.1 Å². The summed E-state index contributed by atoms with van der Waals surface area (Å²) in [5.41, 5.74) is 0.645. The first-order valence-corrected chi connectivity index (χ1v) is 6.04. The average Bonchev–Trinajstić information content (AvgIpc) is 2.65. The fraction of sp³-hybridized carbons (Fsp3) is 0.333. The van der Waals surface area contributed by atoms with Gasteiger partial charge in [-0.2, -0.15) is 0 Å². The third-order valence-corrected chi connectivity index (χ3v) is 2.75. The lowest BCUT2D eigenvalue weighted by Gasteiger charge is -2.22. The van der Waals surface area contributed by atoms with Crippen LogP contribution < -0.4 is 0 Å². The molecule has 2 nitrogen and oxygen atoms in total. The van der Waals surface area contributed by atoms with Crippen LogP contribution in [0.15, 0.2) is 54.5 Å². The molecule has 2 aromatic carbocycles. The summed E-state index contributed by atoms with van der Waals surface area (Å²) in [7, 11) is 0. The number of likely N-dealkylation sites (N-methyl/N-ethyl adjacent to an activating group) is 1. The lowest BCUT2D eigenvalue weighted by molar-refractivity contribution is 0.0683. The highest BCUT2D eigenvalue weighted by molar-refractivity contribution is 5.35. The van der Waals surface area contributed by atoms with Crippen LogP contribution in [0.3, 0.4) is 0 Å². The monoisotopic (exact) mass is 281 g/mol. The molecule has 0 aliphatic carbocycles. The molecular weight excluding hydrogens is 246 g/mol. The van der Waals surface area contributed by atoms with Gasteiger partial charge in [0.15, 0.2) is 0 Å². The molecule has 20 heavy (non-hydrogen) atoms. The number of hydrogen-bond donors (Lipinski definition) is 0. The highest BCUT2D eigenvalue weighted by Gasteiger charge is 2.16. The maximum Gasteiger partial charge on any atom is 0.108 e. The molecule has 0 radical (unpaired) electrons. The summed E-state index contributed by atoms with van der Waals surface area (Å²) < 4.78 is 99.0. The molecule has 0 heterocycles. The Morgan fingerprint density at radius 3 is 2.75 bits per heavy atom. The van der Waals surface area contributed by atoms with E-state index in [1.165, 1.54) is 6.92 Å². The summed E-state index contributed by atoms with van der Waals surface area (Å²) in [5, 5.41) is 0. The van der Waals surface area contributed by atoms with Crippen LogP contribution in [0.5, 0.6) is 0 Å². The SMILES string of the molecule is [2H]c1c([2H])c([2H])c(C(OCC([2H])([2H])N(C([2H])([2H])[2H])C([2H])([2H])[2H])c2ccccc2)c(C)c1[2H]. The van der Waals surface area contributed by atoms with Crippen LogP contribution in [0.25, 0.3) is 0 Å². The van der Waals surface area contributed by atoms with E-state index in [1.807, 2.05) is 0 Å². The second-order valence-electron chi connectivity index (χ2n) is 4.13. The Bertz CT molecular complexity index is 912. The topological polar surface area (TPSA) is 12.5 Å². The summed E-state index contributed by atoms with van der Waals surface area (Å²) in [4.78, 5) is -0.220. The zero-order valence-electron chi connectivity index (χ0n) is 23.0. The molecule has 2 rings (SSSR count). The van der Waals surface area contributed by atoms with Crippen molar-refractivity contribution in [2.75, 3.05) is 27.1 Å². The molecule has 2 heteroatoms. The van der Waals surface area contributed by atoms with Crippen molar-refractivity contribution in [2.24, 2.45) is 0 Å². The molecular formula is C18H23NO. The number of hydrogen-bond acceptors (Lipinski definition) is 2. The van der Waals surface area contributed by atoms with Crippen molar-refractivity contribution in [1.29, 1.82) is 0 Å². The van der Waals surface area contributed by atoms with E-state index in [-0.39, 0.29) is 28.1 Å². The molecule has 0 aliphatic heterocycles. The fourth-order valence-electron chi connectivity index (χ4n) is 1.81. The van der Waals surface area contributed by atoms with E-state index in [0.29, 0.717) is 5.56 Å². The van der Waals surface area contributed by atoms with Crippen LogP contribution in [0, 0.1) is 6.92 Å². The highest BCUT2D eigenvalue weighted by atomic mass is 16.5. The second-order valence-corrected chi connectivity index (χ2v) is 4.13. The summed E-state index contributed by atoms with van der Waals surface area (Å²) in [6.45, 7) is -9.05. The van der Waals surface area contributed by atoms with Crippen molar-refractivity contribution in [3.63, 3.8) is 0 Å². The van der Waals surface area contributed by atoms with Crippen LogP contribution >= 0.6 is 0 Å². The predicted octanol–water partition coefficient (Wildman–Crippen LogP) is 3.66. The third kappa shape index (κ3) is 3.92. The molecule has 1 unspecified atom stereocenters. The van der Waals surface area contributed by atoms with Gasteiger partial charge >= 0.3 is 0 Å². The zero-order valence-corrected chi connectivity index (χ0v) is 11.0. The Balaban J connectivity index is 2.57. The molecule has 106 valence electrons. The number of ether oxygens (including phenoxy) is 1. The first-order chi connectivity index (χ1) is 14.5. The number of nitrogens with zero attached hydrogens (tertiary/aromatic N) is 1. The molecule has 0 amide bonds. The molecule has 0 aromatic heterocycles. The molecule has 0 spiro atoms. The van der Waals surface area contributed by atoms with Gasteiger partial charge < -0.3 is 9.64 Å². The summed E-state index contributed by atoms with van der Waals surface area (Å²) >= 11 is 0. The van der Waals surface area contributed by atoms with Crippen LogP contribution in [0.1, 0.15) is 39.2 Å². The van der Waals surface area contributed by atoms with Crippen LogP contribution in [0.4, 0.5) is 0 Å². The lowest BCUT2D eigenvalue weighted by atomic mass is 9.97.